The quantitative estimate of drug-likeness (QED) is 0.531. The highest BCUT2D eigenvalue weighted by Gasteiger charge is 2.25. The van der Waals surface area contributed by atoms with Gasteiger partial charge in [-0.1, -0.05) is 11.6 Å². The molecule has 0 saturated heterocycles. The van der Waals surface area contributed by atoms with E-state index >= 15 is 0 Å². The van der Waals surface area contributed by atoms with Crippen LogP contribution in [0.2, 0.25) is 5.02 Å². The number of aromatic nitrogens is 3. The zero-order valence-corrected chi connectivity index (χ0v) is 16.3. The SMILES string of the molecule is CN(C(=O)c1c(-c2ccc(F)cc2)nc2ncc(C(=O)O)cn12)c1ccc(Cl)cc1. The molecule has 0 radical (unpaired) electrons. The summed E-state index contributed by atoms with van der Waals surface area (Å²) in [6.07, 6.45) is 2.45. The number of fused-ring (bicyclic) bond motifs is 1. The Morgan fingerprint density at radius 1 is 1.10 bits per heavy atom. The summed E-state index contributed by atoms with van der Waals surface area (Å²) in [5, 5.41) is 9.84. The number of amides is 1. The normalized spacial score (nSPS) is 10.9. The Morgan fingerprint density at radius 2 is 1.77 bits per heavy atom. The summed E-state index contributed by atoms with van der Waals surface area (Å²) in [6.45, 7) is 0. The summed E-state index contributed by atoms with van der Waals surface area (Å²) >= 11 is 5.93. The zero-order valence-electron chi connectivity index (χ0n) is 15.6. The van der Waals surface area contributed by atoms with Gasteiger partial charge in [0.15, 0.2) is 0 Å². The van der Waals surface area contributed by atoms with E-state index < -0.39 is 17.7 Å². The van der Waals surface area contributed by atoms with Crippen molar-refractivity contribution in [3.63, 3.8) is 0 Å². The zero-order chi connectivity index (χ0) is 21.4. The van der Waals surface area contributed by atoms with Gasteiger partial charge in [0, 0.05) is 35.7 Å². The average Bonchev–Trinajstić information content (AvgIpc) is 3.12. The predicted molar refractivity (Wildman–Crippen MR) is 110 cm³/mol. The molecule has 0 bridgehead atoms. The fraction of sp³-hybridized carbons (Fsp3) is 0.0476. The van der Waals surface area contributed by atoms with Gasteiger partial charge in [0.1, 0.15) is 17.2 Å². The van der Waals surface area contributed by atoms with E-state index in [0.717, 1.165) is 6.20 Å². The maximum Gasteiger partial charge on any atom is 0.338 e. The van der Waals surface area contributed by atoms with Crippen molar-refractivity contribution < 1.29 is 19.1 Å². The standard InChI is InChI=1S/C21H14ClFN4O3/c1-26(16-8-4-14(22)5-9-16)19(28)18-17(12-2-6-15(23)7-3-12)25-21-24-10-13(20(29)30)11-27(18)21/h2-11H,1H3,(H,29,30). The Balaban J connectivity index is 1.92. The van der Waals surface area contributed by atoms with Crippen LogP contribution >= 0.6 is 11.6 Å². The second-order valence-corrected chi connectivity index (χ2v) is 6.91. The summed E-state index contributed by atoms with van der Waals surface area (Å²) in [6, 6.07) is 12.2. The number of aromatic carboxylic acids is 1. The summed E-state index contributed by atoms with van der Waals surface area (Å²) in [7, 11) is 1.58. The van der Waals surface area contributed by atoms with Gasteiger partial charge in [-0.05, 0) is 48.5 Å². The summed E-state index contributed by atoms with van der Waals surface area (Å²) in [5.74, 6) is -1.92. The van der Waals surface area contributed by atoms with E-state index in [2.05, 4.69) is 9.97 Å². The number of carbonyl (C=O) groups excluding carboxylic acids is 1. The largest absolute Gasteiger partial charge is 0.478 e. The number of carboxylic acid groups (broad SMARTS) is 1. The number of halogens is 2. The Hall–Kier alpha value is -3.78. The molecule has 2 heterocycles. The molecule has 0 spiro atoms. The van der Waals surface area contributed by atoms with E-state index in [0.29, 0.717) is 16.3 Å². The number of imidazole rings is 1. The first-order valence-corrected chi connectivity index (χ1v) is 9.14. The monoisotopic (exact) mass is 424 g/mol. The highest BCUT2D eigenvalue weighted by Crippen LogP contribution is 2.27. The fourth-order valence-corrected chi connectivity index (χ4v) is 3.12. The number of rotatable bonds is 4. The highest BCUT2D eigenvalue weighted by molar-refractivity contribution is 6.30. The maximum absolute atomic E-state index is 13.4. The molecular weight excluding hydrogens is 411 g/mol. The molecule has 150 valence electrons. The van der Waals surface area contributed by atoms with Crippen LogP contribution in [0.25, 0.3) is 17.0 Å². The van der Waals surface area contributed by atoms with Crippen molar-refractivity contribution in [1.29, 1.82) is 0 Å². The molecule has 0 unspecified atom stereocenters. The third kappa shape index (κ3) is 3.48. The molecule has 0 fully saturated rings. The first kappa shape index (κ1) is 19.5. The third-order valence-electron chi connectivity index (χ3n) is 4.57. The van der Waals surface area contributed by atoms with Gasteiger partial charge in [-0.2, -0.15) is 0 Å². The van der Waals surface area contributed by atoms with E-state index in [1.807, 2.05) is 0 Å². The van der Waals surface area contributed by atoms with Gasteiger partial charge in [0.2, 0.25) is 5.78 Å². The van der Waals surface area contributed by atoms with Crippen LogP contribution < -0.4 is 4.90 Å². The topological polar surface area (TPSA) is 87.8 Å². The van der Waals surface area contributed by atoms with E-state index in [9.17, 15) is 19.1 Å². The number of benzene rings is 2. The number of nitrogens with zero attached hydrogens (tertiary/aromatic N) is 4. The molecule has 7 nitrogen and oxygen atoms in total. The van der Waals surface area contributed by atoms with Crippen molar-refractivity contribution >= 4 is 34.9 Å². The molecule has 2 aromatic carbocycles. The van der Waals surface area contributed by atoms with E-state index in [4.69, 9.17) is 11.6 Å². The fourth-order valence-electron chi connectivity index (χ4n) is 3.00. The molecule has 4 rings (SSSR count). The van der Waals surface area contributed by atoms with E-state index in [-0.39, 0.29) is 22.7 Å². The second kappa shape index (κ2) is 7.57. The van der Waals surface area contributed by atoms with Crippen LogP contribution in [0.1, 0.15) is 20.8 Å². The molecular formula is C21H14ClFN4O3. The van der Waals surface area contributed by atoms with Gasteiger partial charge in [0.25, 0.3) is 5.91 Å². The lowest BCUT2D eigenvalue weighted by atomic mass is 10.1. The number of hydrogen-bond donors (Lipinski definition) is 1. The van der Waals surface area contributed by atoms with Gasteiger partial charge in [-0.25, -0.2) is 19.2 Å². The summed E-state index contributed by atoms with van der Waals surface area (Å²) < 4.78 is 14.7. The van der Waals surface area contributed by atoms with Gasteiger partial charge >= 0.3 is 5.97 Å². The van der Waals surface area contributed by atoms with Crippen molar-refractivity contribution in [2.45, 2.75) is 0 Å². The molecule has 1 amide bonds. The van der Waals surface area contributed by atoms with Crippen molar-refractivity contribution in [3.05, 3.63) is 83.0 Å². The molecule has 0 aliphatic rings. The highest BCUT2D eigenvalue weighted by atomic mass is 35.5. The Bertz CT molecular complexity index is 1270. The minimum atomic E-state index is -1.19. The van der Waals surface area contributed by atoms with Crippen molar-refractivity contribution in [3.8, 4) is 11.3 Å². The predicted octanol–water partition coefficient (Wildman–Crippen LogP) is 4.16. The Labute approximate surface area is 175 Å². The van der Waals surface area contributed by atoms with Crippen LogP contribution in [-0.2, 0) is 0 Å². The first-order valence-electron chi connectivity index (χ1n) is 8.76. The molecule has 0 saturated carbocycles. The third-order valence-corrected chi connectivity index (χ3v) is 4.82. The molecule has 0 aliphatic heterocycles. The van der Waals surface area contributed by atoms with Crippen LogP contribution in [0.3, 0.4) is 0 Å². The molecule has 0 aliphatic carbocycles. The van der Waals surface area contributed by atoms with Gasteiger partial charge in [0.05, 0.1) is 5.56 Å². The van der Waals surface area contributed by atoms with Crippen LogP contribution in [0.4, 0.5) is 10.1 Å². The number of carbonyl (C=O) groups is 2. The average molecular weight is 425 g/mol. The first-order chi connectivity index (χ1) is 14.3. The van der Waals surface area contributed by atoms with Crippen LogP contribution in [0.5, 0.6) is 0 Å². The molecule has 0 atom stereocenters. The molecule has 30 heavy (non-hydrogen) atoms. The molecule has 1 N–H and O–H groups in total. The van der Waals surface area contributed by atoms with Crippen LogP contribution in [0, 0.1) is 5.82 Å². The van der Waals surface area contributed by atoms with Crippen LogP contribution in [0.15, 0.2) is 60.9 Å². The van der Waals surface area contributed by atoms with Crippen molar-refractivity contribution in [2.75, 3.05) is 11.9 Å². The van der Waals surface area contributed by atoms with Crippen LogP contribution in [-0.4, -0.2) is 38.4 Å². The lowest BCUT2D eigenvalue weighted by Crippen LogP contribution is -2.28. The van der Waals surface area contributed by atoms with E-state index in [1.165, 1.54) is 39.8 Å². The molecule has 2 aromatic heterocycles. The van der Waals surface area contributed by atoms with Gasteiger partial charge < -0.3 is 10.0 Å². The van der Waals surface area contributed by atoms with Crippen molar-refractivity contribution in [1.82, 2.24) is 14.4 Å². The molecule has 4 aromatic rings. The van der Waals surface area contributed by atoms with Gasteiger partial charge in [-0.3, -0.25) is 9.20 Å². The minimum absolute atomic E-state index is 0.102. The van der Waals surface area contributed by atoms with Crippen molar-refractivity contribution in [2.24, 2.45) is 0 Å². The lowest BCUT2D eigenvalue weighted by molar-refractivity contribution is 0.0695. The summed E-state index contributed by atoms with van der Waals surface area (Å²) in [4.78, 5) is 34.7. The van der Waals surface area contributed by atoms with Gasteiger partial charge in [-0.15, -0.1) is 0 Å². The van der Waals surface area contributed by atoms with E-state index in [1.54, 1.807) is 31.3 Å². The smallest absolute Gasteiger partial charge is 0.338 e. The number of anilines is 1. The Kier molecular flexibility index (Phi) is 4.93. The Morgan fingerprint density at radius 3 is 2.40 bits per heavy atom. The minimum Gasteiger partial charge on any atom is -0.478 e. The lowest BCUT2D eigenvalue weighted by Gasteiger charge is -2.18. The maximum atomic E-state index is 13.4. The number of hydrogen-bond acceptors (Lipinski definition) is 4. The second-order valence-electron chi connectivity index (χ2n) is 6.47. The molecule has 9 heteroatoms. The summed E-state index contributed by atoms with van der Waals surface area (Å²) in [5.41, 5.74) is 1.33. The number of carboxylic acids is 1.